The van der Waals surface area contributed by atoms with E-state index in [9.17, 15) is 9.18 Å². The van der Waals surface area contributed by atoms with E-state index in [0.717, 1.165) is 0 Å². The lowest BCUT2D eigenvalue weighted by atomic mass is 10.1. The van der Waals surface area contributed by atoms with Gasteiger partial charge in [0.25, 0.3) is 5.91 Å². The Morgan fingerprint density at radius 1 is 1.22 bits per heavy atom. The van der Waals surface area contributed by atoms with Gasteiger partial charge in [0.05, 0.1) is 16.8 Å². The van der Waals surface area contributed by atoms with Crippen molar-refractivity contribution in [1.82, 2.24) is 9.88 Å². The van der Waals surface area contributed by atoms with Gasteiger partial charge in [-0.1, -0.05) is 0 Å². The molecule has 3 rings (SSSR count). The minimum atomic E-state index is -0.421. The molecule has 1 saturated heterocycles. The van der Waals surface area contributed by atoms with Crippen LogP contribution in [0.15, 0.2) is 42.7 Å². The van der Waals surface area contributed by atoms with Crippen LogP contribution in [0.3, 0.4) is 0 Å². The Hall–Kier alpha value is -2.94. The molecule has 23 heavy (non-hydrogen) atoms. The van der Waals surface area contributed by atoms with Crippen LogP contribution in [0.2, 0.25) is 0 Å². The van der Waals surface area contributed by atoms with Gasteiger partial charge in [-0.2, -0.15) is 5.26 Å². The highest BCUT2D eigenvalue weighted by atomic mass is 19.1. The summed E-state index contributed by atoms with van der Waals surface area (Å²) >= 11 is 0. The number of hydrogen-bond donors (Lipinski definition) is 0. The molecular formula is C17H15FN4O. The van der Waals surface area contributed by atoms with Gasteiger partial charge in [0, 0.05) is 38.6 Å². The number of carbonyl (C=O) groups is 1. The van der Waals surface area contributed by atoms with Crippen molar-refractivity contribution in [3.8, 4) is 6.07 Å². The average Bonchev–Trinajstić information content (AvgIpc) is 2.62. The van der Waals surface area contributed by atoms with Crippen LogP contribution in [-0.2, 0) is 0 Å². The zero-order valence-electron chi connectivity index (χ0n) is 12.4. The van der Waals surface area contributed by atoms with E-state index < -0.39 is 5.82 Å². The third kappa shape index (κ3) is 3.14. The summed E-state index contributed by atoms with van der Waals surface area (Å²) in [7, 11) is 0. The number of hydrogen-bond acceptors (Lipinski definition) is 4. The van der Waals surface area contributed by atoms with E-state index in [-0.39, 0.29) is 5.91 Å². The standard InChI is InChI=1S/C17H15FN4O/c18-15-3-4-16(14(10-15)11-19)21-6-8-22(9-7-21)17(23)13-2-1-5-20-12-13/h1-5,10,12H,6-9H2. The van der Waals surface area contributed by atoms with E-state index in [2.05, 4.69) is 4.98 Å². The Morgan fingerprint density at radius 3 is 2.65 bits per heavy atom. The van der Waals surface area contributed by atoms with Crippen molar-refractivity contribution in [3.05, 3.63) is 59.7 Å². The highest BCUT2D eigenvalue weighted by molar-refractivity contribution is 5.94. The topological polar surface area (TPSA) is 60.2 Å². The van der Waals surface area contributed by atoms with Crippen LogP contribution >= 0.6 is 0 Å². The number of aromatic nitrogens is 1. The molecule has 0 saturated carbocycles. The molecule has 0 radical (unpaired) electrons. The third-order valence-corrected chi connectivity index (χ3v) is 3.90. The van der Waals surface area contributed by atoms with Crippen LogP contribution in [0.1, 0.15) is 15.9 Å². The second kappa shape index (κ2) is 6.44. The molecule has 1 aromatic heterocycles. The lowest BCUT2D eigenvalue weighted by Crippen LogP contribution is -2.49. The van der Waals surface area contributed by atoms with Crippen LogP contribution < -0.4 is 4.90 Å². The Bertz CT molecular complexity index is 749. The van der Waals surface area contributed by atoms with Crippen LogP contribution in [0.4, 0.5) is 10.1 Å². The van der Waals surface area contributed by atoms with E-state index in [1.54, 1.807) is 35.5 Å². The number of nitriles is 1. The number of pyridine rings is 1. The maximum atomic E-state index is 13.2. The van der Waals surface area contributed by atoms with Crippen LogP contribution in [-0.4, -0.2) is 42.0 Å². The molecule has 1 aliphatic rings. The summed E-state index contributed by atoms with van der Waals surface area (Å²) in [6.07, 6.45) is 3.19. The van der Waals surface area contributed by atoms with Crippen molar-refractivity contribution >= 4 is 11.6 Å². The summed E-state index contributed by atoms with van der Waals surface area (Å²) in [5, 5.41) is 9.15. The molecule has 0 unspecified atom stereocenters. The molecule has 0 atom stereocenters. The Morgan fingerprint density at radius 2 is 2.00 bits per heavy atom. The van der Waals surface area contributed by atoms with Gasteiger partial charge in [0.1, 0.15) is 11.9 Å². The van der Waals surface area contributed by atoms with Gasteiger partial charge in [-0.05, 0) is 30.3 Å². The molecule has 1 fully saturated rings. The van der Waals surface area contributed by atoms with E-state index in [1.165, 1.54) is 12.1 Å². The van der Waals surface area contributed by atoms with Gasteiger partial charge in [-0.25, -0.2) is 4.39 Å². The number of nitrogens with zero attached hydrogens (tertiary/aromatic N) is 4. The zero-order valence-corrected chi connectivity index (χ0v) is 12.4. The van der Waals surface area contributed by atoms with Gasteiger partial charge in [-0.15, -0.1) is 0 Å². The minimum absolute atomic E-state index is 0.0441. The highest BCUT2D eigenvalue weighted by Crippen LogP contribution is 2.22. The minimum Gasteiger partial charge on any atom is -0.367 e. The number of carbonyl (C=O) groups excluding carboxylic acids is 1. The van der Waals surface area contributed by atoms with Crippen LogP contribution in [0, 0.1) is 17.1 Å². The summed E-state index contributed by atoms with van der Waals surface area (Å²) in [5.41, 5.74) is 1.60. The maximum Gasteiger partial charge on any atom is 0.255 e. The Kier molecular flexibility index (Phi) is 4.20. The summed E-state index contributed by atoms with van der Waals surface area (Å²) in [4.78, 5) is 20.1. The Balaban J connectivity index is 1.70. The SMILES string of the molecule is N#Cc1cc(F)ccc1N1CCN(C(=O)c2cccnc2)CC1. The molecule has 0 aliphatic carbocycles. The average molecular weight is 310 g/mol. The number of halogens is 1. The number of amides is 1. The predicted molar refractivity (Wildman–Crippen MR) is 83.5 cm³/mol. The summed E-state index contributed by atoms with van der Waals surface area (Å²) in [6.45, 7) is 2.31. The van der Waals surface area contributed by atoms with Crippen LogP contribution in [0.25, 0.3) is 0 Å². The lowest BCUT2D eigenvalue weighted by molar-refractivity contribution is 0.0746. The monoisotopic (exact) mass is 310 g/mol. The normalized spacial score (nSPS) is 14.4. The Labute approximate surface area is 133 Å². The molecule has 0 bridgehead atoms. The van der Waals surface area contributed by atoms with Gasteiger partial charge in [0.15, 0.2) is 0 Å². The zero-order chi connectivity index (χ0) is 16.2. The molecule has 116 valence electrons. The fourth-order valence-corrected chi connectivity index (χ4v) is 2.70. The molecule has 0 N–H and O–H groups in total. The second-order valence-electron chi connectivity index (χ2n) is 5.29. The first-order valence-electron chi connectivity index (χ1n) is 7.33. The largest absolute Gasteiger partial charge is 0.367 e. The first-order valence-corrected chi connectivity index (χ1v) is 7.33. The summed E-state index contributed by atoms with van der Waals surface area (Å²) in [6, 6.07) is 9.71. The van der Waals surface area contributed by atoms with Crippen molar-refractivity contribution in [2.45, 2.75) is 0 Å². The lowest BCUT2D eigenvalue weighted by Gasteiger charge is -2.36. The van der Waals surface area contributed by atoms with Crippen molar-refractivity contribution in [3.63, 3.8) is 0 Å². The highest BCUT2D eigenvalue weighted by Gasteiger charge is 2.23. The smallest absolute Gasteiger partial charge is 0.255 e. The molecule has 1 aromatic carbocycles. The van der Waals surface area contributed by atoms with E-state index in [1.807, 2.05) is 11.0 Å². The van der Waals surface area contributed by atoms with E-state index >= 15 is 0 Å². The fourth-order valence-electron chi connectivity index (χ4n) is 2.70. The second-order valence-corrected chi connectivity index (χ2v) is 5.29. The molecule has 2 heterocycles. The van der Waals surface area contributed by atoms with Crippen molar-refractivity contribution < 1.29 is 9.18 Å². The van der Waals surface area contributed by atoms with Crippen LogP contribution in [0.5, 0.6) is 0 Å². The number of rotatable bonds is 2. The first-order chi connectivity index (χ1) is 11.2. The number of benzene rings is 1. The molecule has 1 amide bonds. The number of anilines is 1. The van der Waals surface area contributed by atoms with E-state index in [0.29, 0.717) is 43.0 Å². The number of piperazine rings is 1. The summed E-state index contributed by atoms with van der Waals surface area (Å²) in [5.74, 6) is -0.465. The molecule has 2 aromatic rings. The third-order valence-electron chi connectivity index (χ3n) is 3.90. The molecule has 5 nitrogen and oxygen atoms in total. The van der Waals surface area contributed by atoms with Crippen molar-refractivity contribution in [2.24, 2.45) is 0 Å². The fraction of sp³-hybridized carbons (Fsp3) is 0.235. The molecule has 1 aliphatic heterocycles. The van der Waals surface area contributed by atoms with E-state index in [4.69, 9.17) is 5.26 Å². The first kappa shape index (κ1) is 15.0. The van der Waals surface area contributed by atoms with Crippen molar-refractivity contribution in [1.29, 1.82) is 5.26 Å². The molecular weight excluding hydrogens is 295 g/mol. The molecule has 6 heteroatoms. The van der Waals surface area contributed by atoms with Gasteiger partial charge in [0.2, 0.25) is 0 Å². The quantitative estimate of drug-likeness (QED) is 0.852. The van der Waals surface area contributed by atoms with Gasteiger partial charge < -0.3 is 9.80 Å². The van der Waals surface area contributed by atoms with Gasteiger partial charge >= 0.3 is 0 Å². The maximum absolute atomic E-state index is 13.2. The summed E-state index contributed by atoms with van der Waals surface area (Å²) < 4.78 is 13.2. The molecule has 0 spiro atoms. The predicted octanol–water partition coefficient (Wildman–Crippen LogP) is 2.05. The van der Waals surface area contributed by atoms with Gasteiger partial charge in [-0.3, -0.25) is 9.78 Å². The van der Waals surface area contributed by atoms with Crippen molar-refractivity contribution in [2.75, 3.05) is 31.1 Å².